The van der Waals surface area contributed by atoms with Crippen LogP contribution in [0.3, 0.4) is 0 Å². The molecule has 276 valence electrons. The number of nitrogens with zero attached hydrogens (tertiary/aromatic N) is 1. The zero-order chi connectivity index (χ0) is 38.9. The van der Waals surface area contributed by atoms with Crippen LogP contribution in [-0.4, -0.2) is 0 Å². The Hall–Kier alpha value is -6.64. The number of benzene rings is 8. The fourth-order valence-electron chi connectivity index (χ4n) is 8.93. The van der Waals surface area contributed by atoms with Crippen LogP contribution >= 0.6 is 0 Å². The highest BCUT2D eigenvalue weighted by Gasteiger charge is 2.36. The molecule has 0 saturated carbocycles. The van der Waals surface area contributed by atoms with Crippen molar-refractivity contribution < 1.29 is 4.42 Å². The van der Waals surface area contributed by atoms with Gasteiger partial charge in [-0.05, 0) is 121 Å². The van der Waals surface area contributed by atoms with E-state index >= 15 is 0 Å². The Labute approximate surface area is 335 Å². The molecule has 0 atom stereocenters. The summed E-state index contributed by atoms with van der Waals surface area (Å²) in [4.78, 5) is 2.38. The van der Waals surface area contributed by atoms with Crippen molar-refractivity contribution >= 4 is 39.0 Å². The molecule has 8 aromatic carbocycles. The highest BCUT2D eigenvalue weighted by molar-refractivity contribution is 6.12. The first-order chi connectivity index (χ1) is 27.6. The van der Waals surface area contributed by atoms with Crippen molar-refractivity contribution in [2.75, 3.05) is 4.90 Å². The van der Waals surface area contributed by atoms with Crippen LogP contribution < -0.4 is 4.90 Å². The summed E-state index contributed by atoms with van der Waals surface area (Å²) in [5.74, 6) is 0. The first-order valence-corrected chi connectivity index (χ1v) is 20.0. The Balaban J connectivity index is 1.07. The summed E-state index contributed by atoms with van der Waals surface area (Å²) < 4.78 is 6.29. The normalized spacial score (nSPS) is 13.1. The second kappa shape index (κ2) is 13.2. The van der Waals surface area contributed by atoms with E-state index in [2.05, 4.69) is 209 Å². The lowest BCUT2D eigenvalue weighted by Gasteiger charge is -2.27. The summed E-state index contributed by atoms with van der Waals surface area (Å²) in [6.45, 7) is 11.6. The van der Waals surface area contributed by atoms with E-state index in [0.29, 0.717) is 0 Å². The highest BCUT2D eigenvalue weighted by Crippen LogP contribution is 2.51. The van der Waals surface area contributed by atoms with E-state index in [1.165, 1.54) is 50.1 Å². The zero-order valence-corrected chi connectivity index (χ0v) is 33.2. The molecule has 57 heavy (non-hydrogen) atoms. The van der Waals surface area contributed by atoms with Gasteiger partial charge in [0.2, 0.25) is 0 Å². The number of anilines is 3. The van der Waals surface area contributed by atoms with Gasteiger partial charge in [0.05, 0.1) is 0 Å². The molecule has 0 aliphatic heterocycles. The Morgan fingerprint density at radius 1 is 0.421 bits per heavy atom. The molecule has 1 aliphatic carbocycles. The van der Waals surface area contributed by atoms with Gasteiger partial charge in [0.1, 0.15) is 11.2 Å². The quantitative estimate of drug-likeness (QED) is 0.169. The van der Waals surface area contributed by atoms with Gasteiger partial charge in [0.25, 0.3) is 0 Å². The largest absolute Gasteiger partial charge is 0.456 e. The third-order valence-electron chi connectivity index (χ3n) is 12.0. The maximum Gasteiger partial charge on any atom is 0.136 e. The van der Waals surface area contributed by atoms with Crippen LogP contribution in [0.25, 0.3) is 66.4 Å². The van der Waals surface area contributed by atoms with Gasteiger partial charge in [0.15, 0.2) is 0 Å². The summed E-state index contributed by atoms with van der Waals surface area (Å²) in [5, 5.41) is 2.27. The Morgan fingerprint density at radius 2 is 1.04 bits per heavy atom. The van der Waals surface area contributed by atoms with E-state index in [1.54, 1.807) is 0 Å². The van der Waals surface area contributed by atoms with Gasteiger partial charge in [-0.2, -0.15) is 0 Å². The molecule has 0 unspecified atom stereocenters. The van der Waals surface area contributed by atoms with Crippen LogP contribution in [0.2, 0.25) is 0 Å². The number of furan rings is 1. The second-order valence-corrected chi connectivity index (χ2v) is 17.0. The lowest BCUT2D eigenvalue weighted by atomic mass is 9.79. The maximum atomic E-state index is 6.29. The number of hydrogen-bond acceptors (Lipinski definition) is 2. The zero-order valence-electron chi connectivity index (χ0n) is 33.2. The van der Waals surface area contributed by atoms with E-state index in [-0.39, 0.29) is 10.8 Å². The van der Waals surface area contributed by atoms with E-state index in [9.17, 15) is 0 Å². The minimum Gasteiger partial charge on any atom is -0.456 e. The lowest BCUT2D eigenvalue weighted by Crippen LogP contribution is -2.17. The fraction of sp³-hybridized carbons (Fsp3) is 0.127. The molecule has 1 heterocycles. The van der Waals surface area contributed by atoms with Crippen molar-refractivity contribution in [1.82, 2.24) is 0 Å². The minimum absolute atomic E-state index is 0.0477. The van der Waals surface area contributed by atoms with Crippen LogP contribution in [0.5, 0.6) is 0 Å². The first kappa shape index (κ1) is 34.8. The van der Waals surface area contributed by atoms with Gasteiger partial charge < -0.3 is 9.32 Å². The van der Waals surface area contributed by atoms with Crippen molar-refractivity contribution in [1.29, 1.82) is 0 Å². The van der Waals surface area contributed by atoms with Crippen LogP contribution in [-0.2, 0) is 10.8 Å². The molecule has 2 heteroatoms. The number of fused-ring (bicyclic) bond motifs is 6. The van der Waals surface area contributed by atoms with Gasteiger partial charge in [-0.25, -0.2) is 0 Å². The van der Waals surface area contributed by atoms with Gasteiger partial charge in [-0.1, -0.05) is 162 Å². The molecule has 0 spiro atoms. The van der Waals surface area contributed by atoms with Crippen molar-refractivity contribution in [3.63, 3.8) is 0 Å². The summed E-state index contributed by atoms with van der Waals surface area (Å²) in [7, 11) is 0. The molecule has 1 aliphatic rings. The number of hydrogen-bond donors (Lipinski definition) is 0. The highest BCUT2D eigenvalue weighted by atomic mass is 16.3. The fourth-order valence-corrected chi connectivity index (χ4v) is 8.93. The SMILES string of the molecule is CC(C)(C)c1ccc2c(c1)C(C)(C)c1ccc(-c3ccc(N(c4cccc(-c5ccccc5)c4)c4cccc(-c5cccc6oc7ccccc7c56)c4)cc3)cc1-2. The van der Waals surface area contributed by atoms with Gasteiger partial charge in [-0.3, -0.25) is 0 Å². The van der Waals surface area contributed by atoms with Crippen LogP contribution in [0.1, 0.15) is 51.3 Å². The van der Waals surface area contributed by atoms with Crippen LogP contribution in [0.15, 0.2) is 186 Å². The molecule has 0 saturated heterocycles. The Kier molecular flexibility index (Phi) is 8.09. The summed E-state index contributed by atoms with van der Waals surface area (Å²) in [6.07, 6.45) is 0. The summed E-state index contributed by atoms with van der Waals surface area (Å²) in [5.41, 5.74) is 19.1. The number of para-hydroxylation sites is 1. The second-order valence-electron chi connectivity index (χ2n) is 17.0. The molecular weight excluding hydrogens is 691 g/mol. The smallest absolute Gasteiger partial charge is 0.136 e. The van der Waals surface area contributed by atoms with Crippen LogP contribution in [0.4, 0.5) is 17.1 Å². The van der Waals surface area contributed by atoms with Crippen molar-refractivity contribution in [3.05, 3.63) is 199 Å². The maximum absolute atomic E-state index is 6.29. The van der Waals surface area contributed by atoms with Crippen molar-refractivity contribution in [2.24, 2.45) is 0 Å². The van der Waals surface area contributed by atoms with Crippen LogP contribution in [0, 0.1) is 0 Å². The van der Waals surface area contributed by atoms with E-state index in [0.717, 1.165) is 50.1 Å². The average Bonchev–Trinajstić information content (AvgIpc) is 3.73. The molecule has 0 radical (unpaired) electrons. The molecular formula is C55H45NO. The van der Waals surface area contributed by atoms with Gasteiger partial charge in [-0.15, -0.1) is 0 Å². The molecule has 10 rings (SSSR count). The molecule has 2 nitrogen and oxygen atoms in total. The minimum atomic E-state index is -0.0477. The molecule has 0 bridgehead atoms. The standard InChI is InChI=1S/C55H45NO/c1-54(2,3)41-27-30-46-48-34-39(26-31-49(48)55(4,5)50(46)35-41)37-24-28-42(29-25-37)56(43-18-11-16-38(32-43)36-14-7-6-8-15-36)44-19-12-17-40(33-44)45-21-13-23-52-53(45)47-20-9-10-22-51(47)57-52/h6-35H,1-5H3. The molecule has 9 aromatic rings. The third-order valence-corrected chi connectivity index (χ3v) is 12.0. The summed E-state index contributed by atoms with van der Waals surface area (Å²) >= 11 is 0. The van der Waals surface area contributed by atoms with Crippen molar-refractivity contribution in [3.8, 4) is 44.5 Å². The third kappa shape index (κ3) is 5.95. The molecule has 0 amide bonds. The number of rotatable bonds is 6. The molecule has 0 fully saturated rings. The monoisotopic (exact) mass is 735 g/mol. The predicted molar refractivity (Wildman–Crippen MR) is 241 cm³/mol. The van der Waals surface area contributed by atoms with Crippen molar-refractivity contribution in [2.45, 2.75) is 45.4 Å². The first-order valence-electron chi connectivity index (χ1n) is 20.0. The molecule has 1 aromatic heterocycles. The van der Waals surface area contributed by atoms with E-state index in [4.69, 9.17) is 4.42 Å². The summed E-state index contributed by atoms with van der Waals surface area (Å²) in [6, 6.07) is 66.3. The predicted octanol–water partition coefficient (Wildman–Crippen LogP) is 15.7. The van der Waals surface area contributed by atoms with Gasteiger partial charge in [0, 0.05) is 33.2 Å². The average molecular weight is 736 g/mol. The lowest BCUT2D eigenvalue weighted by molar-refractivity contribution is 0.584. The molecule has 0 N–H and O–H groups in total. The van der Waals surface area contributed by atoms with E-state index < -0.39 is 0 Å². The Morgan fingerprint density at radius 3 is 1.81 bits per heavy atom. The topological polar surface area (TPSA) is 16.4 Å². The van der Waals surface area contributed by atoms with E-state index in [1.807, 2.05) is 12.1 Å². The Bertz CT molecular complexity index is 2960. The van der Waals surface area contributed by atoms with Gasteiger partial charge >= 0.3 is 0 Å².